The molecule has 0 N–H and O–H groups in total. The standard InChI is InChI=1S/C23H19NO2/c1-26-16-5-7-18-19(12-16)23(8-2-3-9-23)20-11-15-10-14(13-24)4-6-17(15)21(20)22(18)25/h4-7,10,12H,2-3,8-9,11H2,1H3. The van der Waals surface area contributed by atoms with Gasteiger partial charge in [0.1, 0.15) is 5.75 Å². The molecule has 3 aliphatic carbocycles. The van der Waals surface area contributed by atoms with Gasteiger partial charge in [0.15, 0.2) is 5.78 Å². The second kappa shape index (κ2) is 5.32. The second-order valence-electron chi connectivity index (χ2n) is 7.54. The summed E-state index contributed by atoms with van der Waals surface area (Å²) < 4.78 is 5.46. The van der Waals surface area contributed by atoms with E-state index in [1.54, 1.807) is 7.11 Å². The van der Waals surface area contributed by atoms with E-state index in [0.29, 0.717) is 5.56 Å². The number of methoxy groups -OCH3 is 1. The van der Waals surface area contributed by atoms with E-state index in [4.69, 9.17) is 4.74 Å². The molecule has 0 atom stereocenters. The maximum atomic E-state index is 13.4. The number of benzene rings is 2. The number of Topliss-reactive ketones (excluding diaryl/α,β-unsaturated/α-hetero) is 1. The van der Waals surface area contributed by atoms with E-state index in [9.17, 15) is 10.1 Å². The van der Waals surface area contributed by atoms with Gasteiger partial charge in [-0.25, -0.2) is 0 Å². The summed E-state index contributed by atoms with van der Waals surface area (Å²) in [6, 6.07) is 13.9. The molecular formula is C23H19NO2. The fourth-order valence-electron chi connectivity index (χ4n) is 5.25. The van der Waals surface area contributed by atoms with Gasteiger partial charge in [-0.2, -0.15) is 5.26 Å². The largest absolute Gasteiger partial charge is 0.497 e. The minimum Gasteiger partial charge on any atom is -0.497 e. The number of ketones is 1. The zero-order valence-electron chi connectivity index (χ0n) is 14.8. The van der Waals surface area contributed by atoms with Crippen LogP contribution in [0.25, 0.3) is 5.57 Å². The lowest BCUT2D eigenvalue weighted by molar-refractivity contribution is 0.105. The van der Waals surface area contributed by atoms with Gasteiger partial charge in [-0.05, 0) is 71.9 Å². The lowest BCUT2D eigenvalue weighted by Gasteiger charge is -2.37. The molecule has 0 aliphatic heterocycles. The minimum atomic E-state index is -0.0566. The lowest BCUT2D eigenvalue weighted by Crippen LogP contribution is -2.33. The third-order valence-corrected chi connectivity index (χ3v) is 6.42. The Kier molecular flexibility index (Phi) is 3.15. The van der Waals surface area contributed by atoms with Crippen LogP contribution in [0.2, 0.25) is 0 Å². The monoisotopic (exact) mass is 341 g/mol. The maximum absolute atomic E-state index is 13.4. The molecule has 1 saturated carbocycles. The molecule has 0 heterocycles. The quantitative estimate of drug-likeness (QED) is 0.762. The van der Waals surface area contributed by atoms with E-state index in [-0.39, 0.29) is 11.2 Å². The van der Waals surface area contributed by atoms with Crippen molar-refractivity contribution in [2.24, 2.45) is 0 Å². The van der Waals surface area contributed by atoms with Crippen molar-refractivity contribution >= 4 is 11.4 Å². The molecular weight excluding hydrogens is 322 g/mol. The van der Waals surface area contributed by atoms with Crippen LogP contribution in [-0.4, -0.2) is 12.9 Å². The average Bonchev–Trinajstić information content (AvgIpc) is 3.31. The van der Waals surface area contributed by atoms with Crippen LogP contribution < -0.4 is 4.74 Å². The first-order valence-electron chi connectivity index (χ1n) is 9.18. The molecule has 26 heavy (non-hydrogen) atoms. The van der Waals surface area contributed by atoms with E-state index in [2.05, 4.69) is 12.1 Å². The van der Waals surface area contributed by atoms with Crippen molar-refractivity contribution < 1.29 is 9.53 Å². The normalized spacial score (nSPS) is 19.2. The molecule has 5 rings (SSSR count). The number of fused-ring (bicyclic) bond motifs is 5. The number of hydrogen-bond donors (Lipinski definition) is 0. The summed E-state index contributed by atoms with van der Waals surface area (Å²) in [5.41, 5.74) is 6.88. The summed E-state index contributed by atoms with van der Waals surface area (Å²) in [7, 11) is 1.67. The lowest BCUT2D eigenvalue weighted by atomic mass is 9.65. The Hall–Kier alpha value is -2.86. The number of allylic oxidation sites excluding steroid dienone is 2. The van der Waals surface area contributed by atoms with Gasteiger partial charge < -0.3 is 4.74 Å². The molecule has 1 fully saturated rings. The molecule has 0 unspecified atom stereocenters. The minimum absolute atomic E-state index is 0.0566. The highest BCUT2D eigenvalue weighted by Gasteiger charge is 2.49. The van der Waals surface area contributed by atoms with E-state index in [0.717, 1.165) is 52.8 Å². The topological polar surface area (TPSA) is 50.1 Å². The van der Waals surface area contributed by atoms with Crippen LogP contribution in [0.1, 0.15) is 58.3 Å². The molecule has 0 bridgehead atoms. The first-order chi connectivity index (χ1) is 12.7. The van der Waals surface area contributed by atoms with Crippen LogP contribution in [-0.2, 0) is 11.8 Å². The molecule has 0 aromatic heterocycles. The zero-order chi connectivity index (χ0) is 17.9. The van der Waals surface area contributed by atoms with E-state index >= 15 is 0 Å². The average molecular weight is 341 g/mol. The number of nitriles is 1. The molecule has 0 saturated heterocycles. The van der Waals surface area contributed by atoms with Gasteiger partial charge in [-0.15, -0.1) is 0 Å². The third kappa shape index (κ3) is 1.85. The summed E-state index contributed by atoms with van der Waals surface area (Å²) in [4.78, 5) is 13.4. The van der Waals surface area contributed by atoms with Crippen LogP contribution >= 0.6 is 0 Å². The van der Waals surface area contributed by atoms with Crippen LogP contribution in [0.5, 0.6) is 5.75 Å². The van der Waals surface area contributed by atoms with Crippen LogP contribution in [0.15, 0.2) is 42.0 Å². The van der Waals surface area contributed by atoms with Crippen molar-refractivity contribution in [3.05, 3.63) is 69.8 Å². The van der Waals surface area contributed by atoms with Crippen LogP contribution in [0.4, 0.5) is 0 Å². The Balaban J connectivity index is 1.77. The zero-order valence-corrected chi connectivity index (χ0v) is 14.8. The number of nitrogens with zero attached hydrogens (tertiary/aromatic N) is 1. The summed E-state index contributed by atoms with van der Waals surface area (Å²) >= 11 is 0. The van der Waals surface area contributed by atoms with E-state index in [1.807, 2.05) is 30.3 Å². The maximum Gasteiger partial charge on any atom is 0.193 e. The number of hydrogen-bond acceptors (Lipinski definition) is 3. The fourth-order valence-corrected chi connectivity index (χ4v) is 5.25. The van der Waals surface area contributed by atoms with Crippen molar-refractivity contribution in [3.63, 3.8) is 0 Å². The Labute approximate surface area is 152 Å². The Morgan fingerprint density at radius 1 is 1.08 bits per heavy atom. The van der Waals surface area contributed by atoms with Gasteiger partial charge in [0.05, 0.1) is 18.7 Å². The SMILES string of the molecule is COc1ccc2c(c1)C1(CCCC1)C1=C(C2=O)c2ccc(C#N)cc2C1. The van der Waals surface area contributed by atoms with E-state index in [1.165, 1.54) is 18.4 Å². The summed E-state index contributed by atoms with van der Waals surface area (Å²) in [6.07, 6.45) is 5.31. The molecule has 3 aliphatic rings. The Bertz CT molecular complexity index is 1030. The molecule has 0 radical (unpaired) electrons. The van der Waals surface area contributed by atoms with Gasteiger partial charge in [0.2, 0.25) is 0 Å². The predicted molar refractivity (Wildman–Crippen MR) is 99.3 cm³/mol. The third-order valence-electron chi connectivity index (χ3n) is 6.42. The Morgan fingerprint density at radius 2 is 1.85 bits per heavy atom. The molecule has 1 spiro atoms. The molecule has 3 nitrogen and oxygen atoms in total. The number of rotatable bonds is 1. The van der Waals surface area contributed by atoms with Crippen LogP contribution in [0, 0.1) is 11.3 Å². The number of carbonyl (C=O) groups excluding carboxylic acids is 1. The first kappa shape index (κ1) is 15.4. The van der Waals surface area contributed by atoms with Crippen molar-refractivity contribution in [2.75, 3.05) is 7.11 Å². The summed E-state index contributed by atoms with van der Waals surface area (Å²) in [5, 5.41) is 9.24. The molecule has 0 amide bonds. The van der Waals surface area contributed by atoms with Gasteiger partial charge >= 0.3 is 0 Å². The highest BCUT2D eigenvalue weighted by Crippen LogP contribution is 2.57. The van der Waals surface area contributed by atoms with Gasteiger partial charge in [0.25, 0.3) is 0 Å². The number of carbonyl (C=O) groups is 1. The summed E-state index contributed by atoms with van der Waals surface area (Å²) in [6.45, 7) is 0. The van der Waals surface area contributed by atoms with Crippen molar-refractivity contribution in [3.8, 4) is 11.8 Å². The van der Waals surface area contributed by atoms with Crippen molar-refractivity contribution in [1.82, 2.24) is 0 Å². The second-order valence-corrected chi connectivity index (χ2v) is 7.54. The molecule has 128 valence electrons. The molecule has 2 aromatic carbocycles. The fraction of sp³-hybridized carbons (Fsp3) is 0.304. The van der Waals surface area contributed by atoms with Crippen molar-refractivity contribution in [2.45, 2.75) is 37.5 Å². The molecule has 3 heteroatoms. The van der Waals surface area contributed by atoms with Gasteiger partial charge in [-0.1, -0.05) is 18.9 Å². The smallest absolute Gasteiger partial charge is 0.193 e. The number of ether oxygens (including phenoxy) is 1. The molecule has 2 aromatic rings. The highest BCUT2D eigenvalue weighted by atomic mass is 16.5. The Morgan fingerprint density at radius 3 is 2.58 bits per heavy atom. The summed E-state index contributed by atoms with van der Waals surface area (Å²) in [5.74, 6) is 0.938. The highest BCUT2D eigenvalue weighted by molar-refractivity contribution is 6.33. The van der Waals surface area contributed by atoms with Gasteiger partial charge in [-0.3, -0.25) is 4.79 Å². The van der Waals surface area contributed by atoms with Gasteiger partial charge in [0, 0.05) is 16.6 Å². The van der Waals surface area contributed by atoms with Crippen LogP contribution in [0.3, 0.4) is 0 Å². The first-order valence-corrected chi connectivity index (χ1v) is 9.18. The predicted octanol–water partition coefficient (Wildman–Crippen LogP) is 4.58. The van der Waals surface area contributed by atoms with Crippen molar-refractivity contribution in [1.29, 1.82) is 5.26 Å². The van der Waals surface area contributed by atoms with E-state index < -0.39 is 0 Å².